The van der Waals surface area contributed by atoms with E-state index in [4.69, 9.17) is 8.92 Å². The number of aromatic nitrogens is 2. The fourth-order valence-corrected chi connectivity index (χ4v) is 4.51. The van der Waals surface area contributed by atoms with Crippen molar-refractivity contribution in [2.24, 2.45) is 0 Å². The Balaban J connectivity index is 1.53. The normalized spacial score (nSPS) is 11.2. The topological polar surface area (TPSA) is 78.4 Å². The molecule has 2 aromatic carbocycles. The van der Waals surface area contributed by atoms with Crippen molar-refractivity contribution in [1.82, 2.24) is 9.97 Å². The van der Waals surface area contributed by atoms with E-state index < -0.39 is 10.1 Å². The number of pyridine rings is 1. The zero-order chi connectivity index (χ0) is 20.3. The van der Waals surface area contributed by atoms with Gasteiger partial charge < -0.3 is 8.92 Å². The van der Waals surface area contributed by atoms with E-state index in [-0.39, 0.29) is 10.6 Å². The van der Waals surface area contributed by atoms with Gasteiger partial charge in [0.25, 0.3) is 0 Å². The summed E-state index contributed by atoms with van der Waals surface area (Å²) in [5.74, 6) is 0.674. The molecular weight excluding hydrogens is 408 g/mol. The van der Waals surface area contributed by atoms with E-state index in [9.17, 15) is 8.42 Å². The summed E-state index contributed by atoms with van der Waals surface area (Å²) >= 11 is 1.53. The third-order valence-electron chi connectivity index (χ3n) is 4.09. The van der Waals surface area contributed by atoms with Gasteiger partial charge in [0, 0.05) is 30.2 Å². The molecule has 29 heavy (non-hydrogen) atoms. The van der Waals surface area contributed by atoms with Crippen molar-refractivity contribution in [2.75, 3.05) is 7.11 Å². The van der Waals surface area contributed by atoms with Crippen LogP contribution in [0.5, 0.6) is 11.5 Å². The maximum absolute atomic E-state index is 12.5. The first kappa shape index (κ1) is 19.1. The lowest BCUT2D eigenvalue weighted by Crippen LogP contribution is -2.09. The fraction of sp³-hybridized carbons (Fsp3) is 0.0476. The van der Waals surface area contributed by atoms with Crippen LogP contribution in [-0.2, 0) is 10.1 Å². The van der Waals surface area contributed by atoms with Gasteiger partial charge in [-0.3, -0.25) is 4.98 Å². The molecule has 0 aliphatic rings. The van der Waals surface area contributed by atoms with Gasteiger partial charge in [-0.1, -0.05) is 6.07 Å². The minimum atomic E-state index is -3.95. The number of hydrogen-bond acceptors (Lipinski definition) is 7. The average Bonchev–Trinajstić information content (AvgIpc) is 3.25. The van der Waals surface area contributed by atoms with E-state index in [1.54, 1.807) is 55.0 Å². The first-order chi connectivity index (χ1) is 14.0. The Morgan fingerprint density at radius 1 is 0.897 bits per heavy atom. The lowest BCUT2D eigenvalue weighted by Gasteiger charge is -2.08. The Hall–Kier alpha value is -3.23. The monoisotopic (exact) mass is 424 g/mol. The summed E-state index contributed by atoms with van der Waals surface area (Å²) in [5.41, 5.74) is 1.87. The second-order valence-corrected chi connectivity index (χ2v) is 8.59. The van der Waals surface area contributed by atoms with Crippen LogP contribution in [-0.4, -0.2) is 25.5 Å². The minimum absolute atomic E-state index is 0.0319. The predicted molar refractivity (Wildman–Crippen MR) is 112 cm³/mol. The standard InChI is InChI=1S/C21H16N2O4S2/c1-26-18-5-2-6-19(12-18)29(24,25)27-17-9-7-15(8-10-17)20-14-23-21(28-20)16-4-3-11-22-13-16/h2-14H,1H3. The molecule has 2 aromatic heterocycles. The highest BCUT2D eigenvalue weighted by atomic mass is 32.2. The van der Waals surface area contributed by atoms with Gasteiger partial charge in [-0.15, -0.1) is 11.3 Å². The molecule has 0 saturated heterocycles. The third kappa shape index (κ3) is 4.28. The predicted octanol–water partition coefficient (Wildman–Crippen LogP) is 4.65. The molecule has 2 heterocycles. The first-order valence-corrected chi connectivity index (χ1v) is 10.8. The van der Waals surface area contributed by atoms with Crippen LogP contribution in [0.4, 0.5) is 0 Å². The Labute approximate surface area is 172 Å². The zero-order valence-corrected chi connectivity index (χ0v) is 17.0. The SMILES string of the molecule is COc1cccc(S(=O)(=O)Oc2ccc(-c3cnc(-c4cccnc4)s3)cc2)c1. The molecular formula is C21H16N2O4S2. The van der Waals surface area contributed by atoms with Crippen LogP contribution in [0.15, 0.2) is 84.1 Å². The molecule has 0 N–H and O–H groups in total. The van der Waals surface area contributed by atoms with Gasteiger partial charge in [-0.25, -0.2) is 4.98 Å². The van der Waals surface area contributed by atoms with Crippen LogP contribution in [0.1, 0.15) is 0 Å². The van der Waals surface area contributed by atoms with E-state index in [0.29, 0.717) is 5.75 Å². The van der Waals surface area contributed by atoms with E-state index in [0.717, 1.165) is 21.0 Å². The third-order valence-corrected chi connectivity index (χ3v) is 6.43. The van der Waals surface area contributed by atoms with Gasteiger partial charge >= 0.3 is 10.1 Å². The van der Waals surface area contributed by atoms with E-state index in [1.165, 1.54) is 30.6 Å². The van der Waals surface area contributed by atoms with Gasteiger partial charge in [0.2, 0.25) is 0 Å². The maximum atomic E-state index is 12.5. The molecule has 6 nitrogen and oxygen atoms in total. The molecule has 0 radical (unpaired) electrons. The summed E-state index contributed by atoms with van der Waals surface area (Å²) < 4.78 is 35.3. The average molecular weight is 425 g/mol. The molecule has 0 aliphatic heterocycles. The smallest absolute Gasteiger partial charge is 0.339 e. The summed E-state index contributed by atoms with van der Waals surface area (Å²) in [4.78, 5) is 9.55. The van der Waals surface area contributed by atoms with Crippen LogP contribution in [0.3, 0.4) is 0 Å². The largest absolute Gasteiger partial charge is 0.497 e. The van der Waals surface area contributed by atoms with Crippen molar-refractivity contribution in [3.8, 4) is 32.5 Å². The van der Waals surface area contributed by atoms with Crippen LogP contribution >= 0.6 is 11.3 Å². The number of hydrogen-bond donors (Lipinski definition) is 0. The molecule has 0 saturated carbocycles. The molecule has 4 rings (SSSR count). The van der Waals surface area contributed by atoms with Gasteiger partial charge in [-0.05, 0) is 54.1 Å². The molecule has 0 aliphatic carbocycles. The Kier molecular flexibility index (Phi) is 5.28. The van der Waals surface area contributed by atoms with Gasteiger partial charge in [0.15, 0.2) is 0 Å². The lowest BCUT2D eigenvalue weighted by molar-refractivity contribution is 0.412. The van der Waals surface area contributed by atoms with Crippen molar-refractivity contribution in [3.63, 3.8) is 0 Å². The number of methoxy groups -OCH3 is 1. The number of benzene rings is 2. The van der Waals surface area contributed by atoms with Crippen molar-refractivity contribution in [3.05, 3.63) is 79.3 Å². The number of thiazole rings is 1. The summed E-state index contributed by atoms with van der Waals surface area (Å²) in [5, 5.41) is 0.869. The van der Waals surface area contributed by atoms with Crippen LogP contribution in [0, 0.1) is 0 Å². The summed E-state index contributed by atoms with van der Waals surface area (Å²) in [6.45, 7) is 0. The second kappa shape index (κ2) is 8.02. The molecule has 0 spiro atoms. The summed E-state index contributed by atoms with van der Waals surface area (Å²) in [6.07, 6.45) is 5.27. The molecule has 0 atom stereocenters. The van der Waals surface area contributed by atoms with Gasteiger partial charge in [0.05, 0.1) is 12.0 Å². The number of rotatable bonds is 6. The molecule has 146 valence electrons. The highest BCUT2D eigenvalue weighted by Crippen LogP contribution is 2.33. The molecule has 0 unspecified atom stereocenters. The Morgan fingerprint density at radius 2 is 1.72 bits per heavy atom. The van der Waals surface area contributed by atoms with Crippen molar-refractivity contribution < 1.29 is 17.3 Å². The van der Waals surface area contributed by atoms with Crippen LogP contribution in [0.25, 0.3) is 21.0 Å². The fourth-order valence-electron chi connectivity index (χ4n) is 2.64. The highest BCUT2D eigenvalue weighted by Gasteiger charge is 2.17. The molecule has 8 heteroatoms. The lowest BCUT2D eigenvalue weighted by atomic mass is 10.2. The van der Waals surface area contributed by atoms with Gasteiger partial charge in [0.1, 0.15) is 21.4 Å². The Bertz CT molecular complexity index is 1220. The zero-order valence-electron chi connectivity index (χ0n) is 15.3. The van der Waals surface area contributed by atoms with Crippen LogP contribution in [0.2, 0.25) is 0 Å². The summed E-state index contributed by atoms with van der Waals surface area (Å²) in [6, 6.07) is 16.8. The molecule has 0 fully saturated rings. The second-order valence-electron chi connectivity index (χ2n) is 6.01. The summed E-state index contributed by atoms with van der Waals surface area (Å²) in [7, 11) is -2.48. The van der Waals surface area contributed by atoms with Crippen molar-refractivity contribution in [2.45, 2.75) is 4.90 Å². The number of nitrogens with zero attached hydrogens (tertiary/aromatic N) is 2. The molecule has 0 bridgehead atoms. The molecule has 4 aromatic rings. The van der Waals surface area contributed by atoms with E-state index in [1.807, 2.05) is 12.1 Å². The maximum Gasteiger partial charge on any atom is 0.339 e. The molecule has 0 amide bonds. The van der Waals surface area contributed by atoms with Gasteiger partial charge in [-0.2, -0.15) is 8.42 Å². The Morgan fingerprint density at radius 3 is 2.45 bits per heavy atom. The van der Waals surface area contributed by atoms with Crippen molar-refractivity contribution in [1.29, 1.82) is 0 Å². The highest BCUT2D eigenvalue weighted by molar-refractivity contribution is 7.87. The van der Waals surface area contributed by atoms with E-state index in [2.05, 4.69) is 9.97 Å². The van der Waals surface area contributed by atoms with E-state index >= 15 is 0 Å². The minimum Gasteiger partial charge on any atom is -0.497 e. The quantitative estimate of drug-likeness (QED) is 0.419. The van der Waals surface area contributed by atoms with Crippen LogP contribution < -0.4 is 8.92 Å². The number of ether oxygens (including phenoxy) is 1. The van der Waals surface area contributed by atoms with Crippen molar-refractivity contribution >= 4 is 21.5 Å². The first-order valence-electron chi connectivity index (χ1n) is 8.60.